The normalized spacial score (nSPS) is 14.7. The molecule has 0 amide bonds. The van der Waals surface area contributed by atoms with Gasteiger partial charge in [0.2, 0.25) is 5.28 Å². The van der Waals surface area contributed by atoms with Crippen LogP contribution in [0, 0.1) is 6.92 Å². The number of aromatic nitrogens is 2. The number of aliphatic carboxylic acids is 1. The summed E-state index contributed by atoms with van der Waals surface area (Å²) in [6.45, 7) is 3.38. The van der Waals surface area contributed by atoms with Crippen LogP contribution in [0.2, 0.25) is 5.28 Å². The second kappa shape index (κ2) is 10.2. The second-order valence-corrected chi connectivity index (χ2v) is 8.90. The number of hydrogen-bond donors (Lipinski definition) is 1. The number of aryl methyl sites for hydroxylation is 2. The Labute approximate surface area is 199 Å². The van der Waals surface area contributed by atoms with Crippen molar-refractivity contribution in [1.82, 2.24) is 9.97 Å². The Hall–Kier alpha value is -3.12. The summed E-state index contributed by atoms with van der Waals surface area (Å²) in [4.78, 5) is 21.8. The number of carboxylic acid groups (broad SMARTS) is 1. The van der Waals surface area contributed by atoms with E-state index in [1.165, 1.54) is 11.1 Å². The van der Waals surface area contributed by atoms with Crippen molar-refractivity contribution in [2.24, 2.45) is 0 Å². The Morgan fingerprint density at radius 1 is 1.24 bits per heavy atom. The maximum absolute atomic E-state index is 11.1. The molecule has 1 N–H and O–H groups in total. The van der Waals surface area contributed by atoms with Crippen LogP contribution >= 0.6 is 11.6 Å². The molecule has 1 atom stereocenters. The van der Waals surface area contributed by atoms with E-state index in [1.807, 2.05) is 19.2 Å². The highest BCUT2D eigenvalue weighted by molar-refractivity contribution is 6.28. The predicted octanol–water partition coefficient (Wildman–Crippen LogP) is 5.52. The minimum atomic E-state index is -0.743. The van der Waals surface area contributed by atoms with Crippen LogP contribution in [0.15, 0.2) is 48.7 Å². The van der Waals surface area contributed by atoms with Crippen molar-refractivity contribution >= 4 is 23.4 Å². The summed E-state index contributed by atoms with van der Waals surface area (Å²) in [5.74, 6) is 0.995. The molecule has 1 aliphatic carbocycles. The van der Waals surface area contributed by atoms with Crippen molar-refractivity contribution in [2.45, 2.75) is 38.5 Å². The van der Waals surface area contributed by atoms with E-state index in [2.05, 4.69) is 52.1 Å². The van der Waals surface area contributed by atoms with Gasteiger partial charge in [-0.25, -0.2) is 4.98 Å². The van der Waals surface area contributed by atoms with E-state index >= 15 is 0 Å². The first-order valence-corrected chi connectivity index (χ1v) is 11.6. The van der Waals surface area contributed by atoms with Crippen molar-refractivity contribution in [1.29, 1.82) is 0 Å². The van der Waals surface area contributed by atoms with Gasteiger partial charge in [-0.1, -0.05) is 35.9 Å². The molecule has 1 aliphatic rings. The van der Waals surface area contributed by atoms with Gasteiger partial charge in [-0.3, -0.25) is 4.79 Å². The Balaban J connectivity index is 1.35. The lowest BCUT2D eigenvalue weighted by Gasteiger charge is -2.21. The minimum Gasteiger partial charge on any atom is -0.494 e. The lowest BCUT2D eigenvalue weighted by atomic mass is 9.98. The van der Waals surface area contributed by atoms with Crippen LogP contribution in [0.3, 0.4) is 0 Å². The molecule has 0 radical (unpaired) electrons. The van der Waals surface area contributed by atoms with E-state index in [1.54, 1.807) is 6.20 Å². The van der Waals surface area contributed by atoms with Gasteiger partial charge in [0, 0.05) is 25.4 Å². The summed E-state index contributed by atoms with van der Waals surface area (Å²) < 4.78 is 5.98. The molecule has 0 unspecified atom stereocenters. The zero-order chi connectivity index (χ0) is 23.4. The predicted molar refractivity (Wildman–Crippen MR) is 130 cm³/mol. The van der Waals surface area contributed by atoms with E-state index < -0.39 is 5.97 Å². The van der Waals surface area contributed by atoms with E-state index in [9.17, 15) is 4.79 Å². The van der Waals surface area contributed by atoms with Gasteiger partial charge in [0.05, 0.1) is 13.0 Å². The third-order valence-corrected chi connectivity index (χ3v) is 6.29. The molecule has 6 nitrogen and oxygen atoms in total. The van der Waals surface area contributed by atoms with Crippen molar-refractivity contribution in [3.05, 3.63) is 70.6 Å². The van der Waals surface area contributed by atoms with Crippen molar-refractivity contribution in [3.8, 4) is 16.9 Å². The molecule has 0 saturated heterocycles. The number of anilines is 1. The maximum Gasteiger partial charge on any atom is 0.303 e. The number of nitrogens with zero attached hydrogens (tertiary/aromatic N) is 3. The smallest absolute Gasteiger partial charge is 0.303 e. The number of carboxylic acids is 1. The molecule has 0 fully saturated rings. The first-order valence-electron chi connectivity index (χ1n) is 11.2. The molecule has 1 aromatic heterocycles. The largest absolute Gasteiger partial charge is 0.494 e. The monoisotopic (exact) mass is 465 g/mol. The fourth-order valence-corrected chi connectivity index (χ4v) is 4.50. The summed E-state index contributed by atoms with van der Waals surface area (Å²) >= 11 is 6.09. The molecule has 0 spiro atoms. The lowest BCUT2D eigenvalue weighted by Crippen LogP contribution is -2.22. The maximum atomic E-state index is 11.1. The first-order chi connectivity index (χ1) is 15.9. The second-order valence-electron chi connectivity index (χ2n) is 8.56. The Kier molecular flexibility index (Phi) is 7.14. The standard InChI is InChI=1S/C26H28ClN3O3/c1-17-4-6-18(7-5-17)23-16-28-26(27)29-25(23)30(2)12-3-13-33-21-10-11-22-19(14-21)8-9-20(22)15-24(31)32/h4-7,10-11,14,16,20H,3,8-9,12-13,15H2,1-2H3,(H,31,32)/t20-/m0/s1. The summed E-state index contributed by atoms with van der Waals surface area (Å²) in [7, 11) is 1.99. The zero-order valence-corrected chi connectivity index (χ0v) is 19.7. The van der Waals surface area contributed by atoms with E-state index in [0.717, 1.165) is 54.1 Å². The van der Waals surface area contributed by atoms with Gasteiger partial charge >= 0.3 is 5.97 Å². The van der Waals surface area contributed by atoms with Crippen LogP contribution in [0.5, 0.6) is 5.75 Å². The van der Waals surface area contributed by atoms with Crippen LogP contribution in [-0.2, 0) is 11.2 Å². The molecule has 4 rings (SSSR count). The SMILES string of the molecule is Cc1ccc(-c2cnc(Cl)nc2N(C)CCCOc2ccc3c(c2)CC[C@H]3CC(=O)O)cc1. The number of benzene rings is 2. The average Bonchev–Trinajstić information content (AvgIpc) is 3.18. The van der Waals surface area contributed by atoms with Gasteiger partial charge in [0.1, 0.15) is 11.6 Å². The van der Waals surface area contributed by atoms with Crippen molar-refractivity contribution in [2.75, 3.05) is 25.1 Å². The molecule has 0 saturated carbocycles. The highest BCUT2D eigenvalue weighted by Crippen LogP contribution is 2.37. The number of fused-ring (bicyclic) bond motifs is 1. The van der Waals surface area contributed by atoms with Crippen LogP contribution in [0.1, 0.15) is 41.9 Å². The van der Waals surface area contributed by atoms with E-state index in [0.29, 0.717) is 6.61 Å². The highest BCUT2D eigenvalue weighted by Gasteiger charge is 2.24. The molecule has 7 heteroatoms. The zero-order valence-electron chi connectivity index (χ0n) is 18.9. The van der Waals surface area contributed by atoms with Gasteiger partial charge in [0.25, 0.3) is 0 Å². The average molecular weight is 466 g/mol. The number of carbonyl (C=O) groups is 1. The van der Waals surface area contributed by atoms with Gasteiger partial charge < -0.3 is 14.7 Å². The van der Waals surface area contributed by atoms with Gasteiger partial charge in [0.15, 0.2) is 0 Å². The minimum absolute atomic E-state index is 0.114. The quantitative estimate of drug-likeness (QED) is 0.331. The van der Waals surface area contributed by atoms with Crippen LogP contribution in [-0.4, -0.2) is 41.2 Å². The van der Waals surface area contributed by atoms with Crippen molar-refractivity contribution in [3.63, 3.8) is 0 Å². The molecule has 172 valence electrons. The third kappa shape index (κ3) is 5.63. The van der Waals surface area contributed by atoms with Crippen molar-refractivity contribution < 1.29 is 14.6 Å². The molecule has 0 aliphatic heterocycles. The van der Waals surface area contributed by atoms with E-state index in [4.69, 9.17) is 21.4 Å². The van der Waals surface area contributed by atoms with E-state index in [-0.39, 0.29) is 17.6 Å². The number of rotatable bonds is 9. The summed E-state index contributed by atoms with van der Waals surface area (Å²) in [6.07, 6.45) is 4.57. The molecule has 1 heterocycles. The molecule has 2 aromatic carbocycles. The lowest BCUT2D eigenvalue weighted by molar-refractivity contribution is -0.137. The fraction of sp³-hybridized carbons (Fsp3) is 0.346. The van der Waals surface area contributed by atoms with Gasteiger partial charge in [-0.15, -0.1) is 0 Å². The molecule has 0 bridgehead atoms. The summed E-state index contributed by atoms with van der Waals surface area (Å²) in [5, 5.41) is 9.31. The number of halogens is 1. The molecular formula is C26H28ClN3O3. The summed E-state index contributed by atoms with van der Waals surface area (Å²) in [6, 6.07) is 14.3. The number of ether oxygens (including phenoxy) is 1. The molecule has 33 heavy (non-hydrogen) atoms. The third-order valence-electron chi connectivity index (χ3n) is 6.11. The van der Waals surface area contributed by atoms with Crippen LogP contribution in [0.25, 0.3) is 11.1 Å². The van der Waals surface area contributed by atoms with Crippen LogP contribution < -0.4 is 9.64 Å². The molecule has 3 aromatic rings. The Bertz CT molecular complexity index is 1130. The topological polar surface area (TPSA) is 75.5 Å². The van der Waals surface area contributed by atoms with Gasteiger partial charge in [-0.2, -0.15) is 4.98 Å². The number of hydrogen-bond acceptors (Lipinski definition) is 5. The van der Waals surface area contributed by atoms with Crippen LogP contribution in [0.4, 0.5) is 5.82 Å². The first kappa shape index (κ1) is 23.1. The Morgan fingerprint density at radius 2 is 2.03 bits per heavy atom. The molecular weight excluding hydrogens is 438 g/mol. The summed E-state index contributed by atoms with van der Waals surface area (Å²) in [5.41, 5.74) is 5.54. The van der Waals surface area contributed by atoms with Gasteiger partial charge in [-0.05, 0) is 72.5 Å². The fourth-order valence-electron chi connectivity index (χ4n) is 4.37. The highest BCUT2D eigenvalue weighted by atomic mass is 35.5. The Morgan fingerprint density at radius 3 is 2.79 bits per heavy atom.